The molecule has 0 radical (unpaired) electrons. The Labute approximate surface area is 306 Å². The smallest absolute Gasteiger partial charge is 0.179 e. The first kappa shape index (κ1) is 35.5. The minimum Gasteiger partial charge on any atom is -0.381 e. The Morgan fingerprint density at radius 1 is 0.588 bits per heavy atom. The van der Waals surface area contributed by atoms with Crippen LogP contribution < -0.4 is 4.90 Å². The zero-order chi connectivity index (χ0) is 34.2. The zero-order valence-corrected chi connectivity index (χ0v) is 31.1. The van der Waals surface area contributed by atoms with Gasteiger partial charge in [0.05, 0.1) is 18.6 Å². The van der Waals surface area contributed by atoms with Crippen LogP contribution in [0, 0.1) is 35.5 Å². The Kier molecular flexibility index (Phi) is 12.2. The van der Waals surface area contributed by atoms with Crippen LogP contribution in [0.5, 0.6) is 0 Å². The van der Waals surface area contributed by atoms with Gasteiger partial charge in [0.25, 0.3) is 0 Å². The summed E-state index contributed by atoms with van der Waals surface area (Å²) in [6.07, 6.45) is 12.0. The van der Waals surface area contributed by atoms with Gasteiger partial charge in [0, 0.05) is 59.0 Å². The fourth-order valence-corrected chi connectivity index (χ4v) is 9.85. The van der Waals surface area contributed by atoms with Crippen molar-refractivity contribution in [1.29, 1.82) is 0 Å². The average molecular weight is 698 g/mol. The number of aromatic nitrogens is 1. The molecule has 6 atom stereocenters. The van der Waals surface area contributed by atoms with Crippen molar-refractivity contribution in [3.63, 3.8) is 0 Å². The second kappa shape index (κ2) is 17.6. The van der Waals surface area contributed by atoms with Crippen LogP contribution in [0.25, 0.3) is 11.0 Å². The number of nitrogens with zero attached hydrogens (tertiary/aromatic N) is 5. The molecule has 51 heavy (non-hydrogen) atoms. The molecule has 4 saturated heterocycles. The molecule has 6 fully saturated rings. The second-order valence-corrected chi connectivity index (χ2v) is 16.5. The molecule has 9 rings (SSSR count). The molecule has 0 amide bonds. The van der Waals surface area contributed by atoms with E-state index in [1.54, 1.807) is 0 Å². The first-order valence-electron chi connectivity index (χ1n) is 20.8. The molecule has 5 heterocycles. The lowest BCUT2D eigenvalue weighted by Crippen LogP contribution is -2.31. The molecule has 278 valence electrons. The van der Waals surface area contributed by atoms with E-state index in [1.165, 1.54) is 122 Å². The van der Waals surface area contributed by atoms with Gasteiger partial charge in [0.15, 0.2) is 11.4 Å². The van der Waals surface area contributed by atoms with Crippen LogP contribution in [0.15, 0.2) is 59.1 Å². The van der Waals surface area contributed by atoms with Gasteiger partial charge in [-0.2, -0.15) is 0 Å². The van der Waals surface area contributed by atoms with Crippen molar-refractivity contribution < 1.29 is 14.0 Å². The summed E-state index contributed by atoms with van der Waals surface area (Å²) in [6, 6.07) is 19.0. The predicted octanol–water partition coefficient (Wildman–Crippen LogP) is 6.70. The summed E-state index contributed by atoms with van der Waals surface area (Å²) in [7, 11) is 0. The second-order valence-electron chi connectivity index (χ2n) is 16.5. The van der Waals surface area contributed by atoms with Crippen LogP contribution >= 0.6 is 0 Å². The third-order valence-electron chi connectivity index (χ3n) is 13.1. The normalized spacial score (nSPS) is 29.1. The number of anilines is 1. The van der Waals surface area contributed by atoms with E-state index < -0.39 is 0 Å². The molecule has 4 aliphatic heterocycles. The number of ether oxygens (including phenoxy) is 2. The first-order chi connectivity index (χ1) is 25.3. The lowest BCUT2D eigenvalue weighted by molar-refractivity contribution is 0.0972. The molecular weight excluding hydrogens is 635 g/mol. The first-order valence-corrected chi connectivity index (χ1v) is 20.8. The highest BCUT2D eigenvalue weighted by Crippen LogP contribution is 2.53. The summed E-state index contributed by atoms with van der Waals surface area (Å²) < 4.78 is 17.5. The van der Waals surface area contributed by atoms with Gasteiger partial charge in [0.2, 0.25) is 0 Å². The molecule has 8 heteroatoms. The van der Waals surface area contributed by atoms with Gasteiger partial charge in [0.1, 0.15) is 0 Å². The monoisotopic (exact) mass is 697 g/mol. The predicted molar refractivity (Wildman–Crippen MR) is 205 cm³/mol. The number of fused-ring (bicyclic) bond motifs is 3. The highest BCUT2D eigenvalue weighted by Gasteiger charge is 2.56. The number of hydrogen-bond acceptors (Lipinski definition) is 8. The van der Waals surface area contributed by atoms with Crippen LogP contribution in [0.2, 0.25) is 0 Å². The minimum atomic E-state index is 0.763. The van der Waals surface area contributed by atoms with Crippen molar-refractivity contribution in [1.82, 2.24) is 19.9 Å². The number of likely N-dealkylation sites (tertiary alicyclic amines) is 3. The maximum atomic E-state index is 6.00. The van der Waals surface area contributed by atoms with Crippen LogP contribution in [-0.4, -0.2) is 118 Å². The number of benzene rings is 2. The molecule has 2 aromatic carbocycles. The molecule has 2 aliphatic carbocycles. The number of para-hydroxylation sites is 1. The number of hydrogen-bond donors (Lipinski definition) is 0. The number of rotatable bonds is 16. The van der Waals surface area contributed by atoms with Crippen molar-refractivity contribution >= 4 is 16.8 Å². The summed E-state index contributed by atoms with van der Waals surface area (Å²) in [6.45, 7) is 17.5. The van der Waals surface area contributed by atoms with E-state index in [0.29, 0.717) is 0 Å². The Bertz CT molecular complexity index is 1450. The minimum absolute atomic E-state index is 0.763. The molecule has 3 aromatic rings. The SMILES string of the molecule is c1ccc(CCN2C[C@@H]3[C@H](COCCCN4CCCCC4)[C@@H]3C2)cc1.c1ccc2c(N3C[C@@H]4[C@@H](COCCCN5CCCCC5)[C@@H]4C3)noc2c1. The summed E-state index contributed by atoms with van der Waals surface area (Å²) in [5.41, 5.74) is 2.35. The average Bonchev–Trinajstić information content (AvgIpc) is 3.67. The van der Waals surface area contributed by atoms with E-state index in [0.717, 1.165) is 91.8 Å². The molecule has 2 saturated carbocycles. The van der Waals surface area contributed by atoms with Crippen molar-refractivity contribution in [2.24, 2.45) is 35.5 Å². The Hall–Kier alpha value is -2.49. The fourth-order valence-electron chi connectivity index (χ4n) is 9.85. The van der Waals surface area contributed by atoms with Gasteiger partial charge in [-0.25, -0.2) is 0 Å². The van der Waals surface area contributed by atoms with E-state index in [2.05, 4.69) is 67.2 Å². The number of piperidine rings is 4. The van der Waals surface area contributed by atoms with Gasteiger partial charge in [-0.15, -0.1) is 0 Å². The third-order valence-corrected chi connectivity index (χ3v) is 13.1. The van der Waals surface area contributed by atoms with Gasteiger partial charge >= 0.3 is 0 Å². The summed E-state index contributed by atoms with van der Waals surface area (Å²) in [4.78, 5) is 10.3. The zero-order valence-electron chi connectivity index (χ0n) is 31.1. The van der Waals surface area contributed by atoms with E-state index in [4.69, 9.17) is 14.0 Å². The van der Waals surface area contributed by atoms with Crippen LogP contribution in [0.1, 0.15) is 56.9 Å². The maximum absolute atomic E-state index is 6.00. The van der Waals surface area contributed by atoms with Crippen molar-refractivity contribution in [3.8, 4) is 0 Å². The summed E-state index contributed by atoms with van der Waals surface area (Å²) >= 11 is 0. The van der Waals surface area contributed by atoms with E-state index >= 15 is 0 Å². The maximum Gasteiger partial charge on any atom is 0.179 e. The van der Waals surface area contributed by atoms with E-state index in [-0.39, 0.29) is 0 Å². The van der Waals surface area contributed by atoms with Crippen LogP contribution in [-0.2, 0) is 15.9 Å². The van der Waals surface area contributed by atoms with Gasteiger partial charge < -0.3 is 33.6 Å². The molecule has 1 aromatic heterocycles. The van der Waals surface area contributed by atoms with Crippen LogP contribution in [0.3, 0.4) is 0 Å². The van der Waals surface area contributed by atoms with Gasteiger partial charge in [-0.05, 0) is 124 Å². The molecule has 6 aliphatic rings. The van der Waals surface area contributed by atoms with Gasteiger partial charge in [-0.3, -0.25) is 0 Å². The van der Waals surface area contributed by atoms with Gasteiger partial charge in [-0.1, -0.05) is 60.5 Å². The molecule has 0 spiro atoms. The summed E-state index contributed by atoms with van der Waals surface area (Å²) in [5.74, 6) is 6.08. The van der Waals surface area contributed by atoms with Crippen molar-refractivity contribution in [2.75, 3.05) is 103 Å². The third kappa shape index (κ3) is 9.36. The lowest BCUT2D eigenvalue weighted by Gasteiger charge is -2.26. The highest BCUT2D eigenvalue weighted by molar-refractivity contribution is 5.88. The van der Waals surface area contributed by atoms with Crippen LogP contribution in [0.4, 0.5) is 5.82 Å². The lowest BCUT2D eigenvalue weighted by atomic mass is 10.1. The van der Waals surface area contributed by atoms with E-state index in [1.807, 2.05) is 12.1 Å². The molecule has 8 nitrogen and oxygen atoms in total. The van der Waals surface area contributed by atoms with Crippen molar-refractivity contribution in [2.45, 2.75) is 57.8 Å². The largest absolute Gasteiger partial charge is 0.381 e. The quantitative estimate of drug-likeness (QED) is 0.153. The highest BCUT2D eigenvalue weighted by atomic mass is 16.5. The molecule has 0 N–H and O–H groups in total. The summed E-state index contributed by atoms with van der Waals surface area (Å²) in [5, 5.41) is 5.44. The molecule has 0 unspecified atom stereocenters. The topological polar surface area (TPSA) is 57.5 Å². The Morgan fingerprint density at radius 2 is 1.14 bits per heavy atom. The molecule has 0 bridgehead atoms. The molecular formula is C43H63N5O3. The standard InChI is InChI=1S/C22H34N2O.C21H29N3O2/c1-3-8-19(9-4-1)10-14-24-16-20-21(17-24)22(20)18-25-15-7-13-23-11-5-2-6-12-23;1-4-9-23(10-5-1)11-6-12-25-15-19-17-13-24(14-18(17)19)21-16-7-2-3-8-20(16)26-22-21/h1,3-4,8-9,20-22H,2,5-7,10-18H2;2-3,7-8,17-19H,1,4-6,9-15H2/t20-,21+,22-;17-,18+,19+. The van der Waals surface area contributed by atoms with Crippen molar-refractivity contribution in [3.05, 3.63) is 60.2 Å². The Morgan fingerprint density at radius 3 is 1.75 bits per heavy atom. The van der Waals surface area contributed by atoms with E-state index in [9.17, 15) is 0 Å². The fraction of sp³-hybridized carbons (Fsp3) is 0.698. The Balaban J connectivity index is 0.000000147.